The van der Waals surface area contributed by atoms with Crippen molar-refractivity contribution in [3.8, 4) is 0 Å². The molecule has 0 unspecified atom stereocenters. The summed E-state index contributed by atoms with van der Waals surface area (Å²) < 4.78 is 4.88. The first-order valence-electron chi connectivity index (χ1n) is 7.17. The summed E-state index contributed by atoms with van der Waals surface area (Å²) in [7, 11) is 0. The van der Waals surface area contributed by atoms with Gasteiger partial charge in [-0.1, -0.05) is 55.5 Å². The van der Waals surface area contributed by atoms with Crippen LogP contribution in [0.5, 0.6) is 0 Å². The molecule has 0 saturated heterocycles. The number of hydrogen-bond acceptors (Lipinski definition) is 2. The van der Waals surface area contributed by atoms with Gasteiger partial charge in [-0.2, -0.15) is 0 Å². The Morgan fingerprint density at radius 2 is 1.45 bits per heavy atom. The fourth-order valence-corrected chi connectivity index (χ4v) is 1.42. The van der Waals surface area contributed by atoms with Crippen molar-refractivity contribution in [1.82, 2.24) is 0 Å². The molecule has 0 heterocycles. The third-order valence-corrected chi connectivity index (χ3v) is 2.39. The average molecular weight is 278 g/mol. The van der Waals surface area contributed by atoms with E-state index in [0.29, 0.717) is 6.61 Å². The molecule has 0 rings (SSSR count). The van der Waals surface area contributed by atoms with E-state index in [0.717, 1.165) is 32.1 Å². The molecule has 0 aromatic carbocycles. The van der Waals surface area contributed by atoms with Crippen LogP contribution < -0.4 is 0 Å². The van der Waals surface area contributed by atoms with Gasteiger partial charge in [0.1, 0.15) is 6.61 Å². The number of allylic oxidation sites excluding steroid dienone is 7. The van der Waals surface area contributed by atoms with Gasteiger partial charge in [0.15, 0.2) is 0 Å². The third kappa shape index (κ3) is 16.4. The first kappa shape index (κ1) is 18.4. The van der Waals surface area contributed by atoms with Gasteiger partial charge >= 0.3 is 5.97 Å². The number of ether oxygens (including phenoxy) is 1. The number of carboxylic acid groups (broad SMARTS) is 1. The predicted octanol–water partition coefficient (Wildman–Crippen LogP) is 4.28. The van der Waals surface area contributed by atoms with Crippen LogP contribution in [0, 0.1) is 0 Å². The normalized spacial score (nSPS) is 12.4. The van der Waals surface area contributed by atoms with E-state index in [1.807, 2.05) is 12.2 Å². The second kappa shape index (κ2) is 15.4. The standard InChI is InChI=1S/C17H26O3/c1-2-3-4-5-6-7-8-9-10-11-12-13-14-15-20-16-17(18)19/h3-4,6-7,9-10,13-14H,2,5,8,11-12,15-16H2,1H3,(H,18,19)/b4-3-,7-6-,10-9-,14-13+. The number of carboxylic acids is 1. The van der Waals surface area contributed by atoms with Crippen LogP contribution in [-0.2, 0) is 9.53 Å². The molecule has 0 fully saturated rings. The zero-order valence-electron chi connectivity index (χ0n) is 12.3. The lowest BCUT2D eigenvalue weighted by molar-refractivity contribution is -0.141. The highest BCUT2D eigenvalue weighted by molar-refractivity contribution is 5.67. The van der Waals surface area contributed by atoms with Gasteiger partial charge < -0.3 is 9.84 Å². The quantitative estimate of drug-likeness (QED) is 0.428. The maximum atomic E-state index is 10.2. The molecule has 0 aromatic rings. The first-order valence-corrected chi connectivity index (χ1v) is 7.17. The molecule has 0 atom stereocenters. The van der Waals surface area contributed by atoms with Crippen molar-refractivity contribution in [1.29, 1.82) is 0 Å². The van der Waals surface area contributed by atoms with E-state index >= 15 is 0 Å². The van der Waals surface area contributed by atoms with Crippen molar-refractivity contribution in [2.24, 2.45) is 0 Å². The second-order valence-electron chi connectivity index (χ2n) is 4.25. The third-order valence-electron chi connectivity index (χ3n) is 2.39. The lowest BCUT2D eigenvalue weighted by atomic mass is 10.2. The highest BCUT2D eigenvalue weighted by Gasteiger charge is 1.92. The van der Waals surface area contributed by atoms with Crippen molar-refractivity contribution in [3.05, 3.63) is 48.6 Å². The smallest absolute Gasteiger partial charge is 0.329 e. The van der Waals surface area contributed by atoms with Crippen LogP contribution >= 0.6 is 0 Å². The fraction of sp³-hybridized carbons (Fsp3) is 0.471. The van der Waals surface area contributed by atoms with Gasteiger partial charge in [0.05, 0.1) is 6.61 Å². The lowest BCUT2D eigenvalue weighted by Crippen LogP contribution is -2.06. The van der Waals surface area contributed by atoms with Crippen LogP contribution in [0.15, 0.2) is 48.6 Å². The Balaban J connectivity index is 3.37. The maximum Gasteiger partial charge on any atom is 0.329 e. The summed E-state index contributed by atoms with van der Waals surface area (Å²) in [5, 5.41) is 8.35. The Morgan fingerprint density at radius 1 is 0.900 bits per heavy atom. The lowest BCUT2D eigenvalue weighted by Gasteiger charge is -1.94. The van der Waals surface area contributed by atoms with Crippen molar-refractivity contribution in [2.45, 2.75) is 39.0 Å². The molecular weight excluding hydrogens is 252 g/mol. The van der Waals surface area contributed by atoms with Gasteiger partial charge in [-0.05, 0) is 32.1 Å². The first-order chi connectivity index (χ1) is 9.77. The van der Waals surface area contributed by atoms with Crippen LogP contribution in [0.3, 0.4) is 0 Å². The molecule has 0 radical (unpaired) electrons. The summed E-state index contributed by atoms with van der Waals surface area (Å²) in [5.41, 5.74) is 0. The Bertz CT molecular complexity index is 338. The Hall–Kier alpha value is -1.61. The van der Waals surface area contributed by atoms with Crippen LogP contribution in [0.25, 0.3) is 0 Å². The highest BCUT2D eigenvalue weighted by Crippen LogP contribution is 1.96. The Labute approximate surface area is 122 Å². The number of aliphatic carboxylic acids is 1. The van der Waals surface area contributed by atoms with E-state index in [1.165, 1.54) is 0 Å². The van der Waals surface area contributed by atoms with E-state index in [-0.39, 0.29) is 6.61 Å². The molecule has 20 heavy (non-hydrogen) atoms. The van der Waals surface area contributed by atoms with Crippen molar-refractivity contribution < 1.29 is 14.6 Å². The summed E-state index contributed by atoms with van der Waals surface area (Å²) in [6, 6.07) is 0. The summed E-state index contributed by atoms with van der Waals surface area (Å²) in [4.78, 5) is 10.2. The number of hydrogen-bond donors (Lipinski definition) is 1. The number of carbonyl (C=O) groups is 1. The molecule has 0 bridgehead atoms. The van der Waals surface area contributed by atoms with E-state index in [4.69, 9.17) is 9.84 Å². The molecule has 0 aromatic heterocycles. The fourth-order valence-electron chi connectivity index (χ4n) is 1.42. The minimum atomic E-state index is -0.931. The summed E-state index contributed by atoms with van der Waals surface area (Å²) >= 11 is 0. The Morgan fingerprint density at radius 3 is 2.05 bits per heavy atom. The van der Waals surface area contributed by atoms with Crippen LogP contribution in [0.2, 0.25) is 0 Å². The molecule has 0 saturated carbocycles. The summed E-state index contributed by atoms with van der Waals surface area (Å²) in [6.07, 6.45) is 21.9. The van der Waals surface area contributed by atoms with Gasteiger partial charge in [0.25, 0.3) is 0 Å². The molecule has 112 valence electrons. The van der Waals surface area contributed by atoms with Gasteiger partial charge in [0, 0.05) is 0 Å². The zero-order chi connectivity index (χ0) is 14.9. The van der Waals surface area contributed by atoms with E-state index in [9.17, 15) is 4.79 Å². The zero-order valence-corrected chi connectivity index (χ0v) is 12.3. The number of rotatable bonds is 12. The average Bonchev–Trinajstić information content (AvgIpc) is 2.43. The maximum absolute atomic E-state index is 10.2. The molecule has 1 N–H and O–H groups in total. The second-order valence-corrected chi connectivity index (χ2v) is 4.25. The summed E-state index contributed by atoms with van der Waals surface area (Å²) in [5.74, 6) is -0.931. The molecule has 3 nitrogen and oxygen atoms in total. The predicted molar refractivity (Wildman–Crippen MR) is 83.8 cm³/mol. The Kier molecular flexibility index (Phi) is 14.2. The van der Waals surface area contributed by atoms with Crippen molar-refractivity contribution in [3.63, 3.8) is 0 Å². The van der Waals surface area contributed by atoms with Crippen LogP contribution in [-0.4, -0.2) is 24.3 Å². The van der Waals surface area contributed by atoms with Crippen LogP contribution in [0.4, 0.5) is 0 Å². The van der Waals surface area contributed by atoms with Crippen molar-refractivity contribution >= 4 is 5.97 Å². The van der Waals surface area contributed by atoms with Crippen molar-refractivity contribution in [2.75, 3.05) is 13.2 Å². The largest absolute Gasteiger partial charge is 0.480 e. The van der Waals surface area contributed by atoms with Gasteiger partial charge in [-0.25, -0.2) is 4.79 Å². The topological polar surface area (TPSA) is 46.5 Å². The molecule has 0 aliphatic heterocycles. The molecule has 3 heteroatoms. The van der Waals surface area contributed by atoms with Gasteiger partial charge in [-0.15, -0.1) is 0 Å². The molecule has 0 aliphatic carbocycles. The van der Waals surface area contributed by atoms with Gasteiger partial charge in [0.2, 0.25) is 0 Å². The number of unbranched alkanes of at least 4 members (excludes halogenated alkanes) is 1. The van der Waals surface area contributed by atoms with Gasteiger partial charge in [-0.3, -0.25) is 0 Å². The summed E-state index contributed by atoms with van der Waals surface area (Å²) in [6.45, 7) is 2.27. The minimum Gasteiger partial charge on any atom is -0.480 e. The van der Waals surface area contributed by atoms with Crippen LogP contribution in [0.1, 0.15) is 39.0 Å². The monoisotopic (exact) mass is 278 g/mol. The molecule has 0 spiro atoms. The molecule has 0 amide bonds. The SMILES string of the molecule is CC/C=C\C/C=C\C/C=C\CC/C=C/COCC(=O)O. The minimum absolute atomic E-state index is 0.232. The van der Waals surface area contributed by atoms with E-state index < -0.39 is 5.97 Å². The van der Waals surface area contributed by atoms with E-state index in [1.54, 1.807) is 0 Å². The molecule has 0 aliphatic rings. The highest BCUT2D eigenvalue weighted by atomic mass is 16.5. The molecular formula is C17H26O3. The van der Waals surface area contributed by atoms with E-state index in [2.05, 4.69) is 43.4 Å².